The number of aromatic nitrogens is 4. The first-order valence-corrected chi connectivity index (χ1v) is 9.42. The number of methoxy groups -OCH3 is 2. The number of carbonyl (C=O) groups excluding carboxylic acids is 1. The van der Waals surface area contributed by atoms with Gasteiger partial charge < -0.3 is 20.1 Å². The number of H-pyrrole nitrogens is 1. The van der Waals surface area contributed by atoms with Gasteiger partial charge in [-0.1, -0.05) is 6.07 Å². The van der Waals surface area contributed by atoms with Crippen LogP contribution >= 0.6 is 12.4 Å². The maximum atomic E-state index is 12.9. The van der Waals surface area contributed by atoms with Crippen molar-refractivity contribution in [3.05, 3.63) is 52.5 Å². The number of amides is 1. The average Bonchev–Trinajstić information content (AvgIpc) is 3.32. The molecule has 1 aliphatic heterocycles. The van der Waals surface area contributed by atoms with E-state index in [4.69, 9.17) is 9.47 Å². The summed E-state index contributed by atoms with van der Waals surface area (Å²) in [5.41, 5.74) is 4.22. The highest BCUT2D eigenvalue weighted by Gasteiger charge is 2.23. The fraction of sp³-hybridized carbons (Fsp3) is 0.350. The Kier molecular flexibility index (Phi) is 6.63. The fourth-order valence-corrected chi connectivity index (χ4v) is 3.49. The van der Waals surface area contributed by atoms with Crippen LogP contribution < -0.4 is 20.1 Å². The number of hydrogen-bond donors (Lipinski definition) is 3. The van der Waals surface area contributed by atoms with Gasteiger partial charge in [-0.15, -0.1) is 12.4 Å². The number of nitrogens with zero attached hydrogens (tertiary/aromatic N) is 3. The van der Waals surface area contributed by atoms with Crippen LogP contribution in [0, 0.1) is 6.92 Å². The Bertz CT molecular complexity index is 1050. The summed E-state index contributed by atoms with van der Waals surface area (Å²) >= 11 is 0. The smallest absolute Gasteiger partial charge is 0.277 e. The molecule has 9 nitrogen and oxygen atoms in total. The summed E-state index contributed by atoms with van der Waals surface area (Å²) in [6.07, 6.45) is 2.57. The molecule has 0 atom stereocenters. The lowest BCUT2D eigenvalue weighted by Crippen LogP contribution is -2.26. The van der Waals surface area contributed by atoms with Crippen molar-refractivity contribution in [1.82, 2.24) is 25.3 Å². The quantitative estimate of drug-likeness (QED) is 0.552. The lowest BCUT2D eigenvalue weighted by Gasteiger charge is -2.14. The monoisotopic (exact) mass is 432 g/mol. The molecule has 4 rings (SSSR count). The molecule has 10 heteroatoms. The summed E-state index contributed by atoms with van der Waals surface area (Å²) in [6.45, 7) is 3.91. The van der Waals surface area contributed by atoms with Crippen molar-refractivity contribution >= 4 is 24.1 Å². The van der Waals surface area contributed by atoms with Crippen LogP contribution in [0.25, 0.3) is 0 Å². The molecule has 0 radical (unpaired) electrons. The number of aromatic amines is 1. The zero-order valence-electron chi connectivity index (χ0n) is 17.1. The number of fused-ring (bicyclic) bond motifs is 1. The highest BCUT2D eigenvalue weighted by molar-refractivity contribution is 6.04. The third-order valence-electron chi connectivity index (χ3n) is 5.06. The summed E-state index contributed by atoms with van der Waals surface area (Å²) in [6, 6.07) is 5.70. The minimum atomic E-state index is -0.247. The van der Waals surface area contributed by atoms with E-state index in [0.717, 1.165) is 35.3 Å². The zero-order valence-corrected chi connectivity index (χ0v) is 17.9. The van der Waals surface area contributed by atoms with E-state index in [1.165, 1.54) is 0 Å². The second kappa shape index (κ2) is 9.19. The van der Waals surface area contributed by atoms with Gasteiger partial charge in [0, 0.05) is 36.3 Å². The molecule has 160 valence electrons. The Morgan fingerprint density at radius 1 is 1.27 bits per heavy atom. The van der Waals surface area contributed by atoms with Crippen molar-refractivity contribution in [3.63, 3.8) is 0 Å². The molecule has 3 N–H and O–H groups in total. The van der Waals surface area contributed by atoms with Crippen molar-refractivity contribution in [1.29, 1.82) is 0 Å². The Morgan fingerprint density at radius 2 is 2.07 bits per heavy atom. The Morgan fingerprint density at radius 3 is 2.83 bits per heavy atom. The highest BCUT2D eigenvalue weighted by atomic mass is 35.5. The molecule has 1 aromatic carbocycles. The number of benzene rings is 1. The van der Waals surface area contributed by atoms with Gasteiger partial charge in [-0.05, 0) is 24.6 Å². The van der Waals surface area contributed by atoms with Crippen molar-refractivity contribution in [2.24, 2.45) is 0 Å². The number of carbonyl (C=O) groups is 1. The van der Waals surface area contributed by atoms with E-state index in [-0.39, 0.29) is 18.3 Å². The van der Waals surface area contributed by atoms with E-state index in [1.807, 2.05) is 25.1 Å². The van der Waals surface area contributed by atoms with E-state index in [2.05, 4.69) is 25.9 Å². The molecule has 0 saturated carbocycles. The molecular weight excluding hydrogens is 408 g/mol. The van der Waals surface area contributed by atoms with Gasteiger partial charge in [0.2, 0.25) is 0 Å². The average molecular weight is 433 g/mol. The van der Waals surface area contributed by atoms with Crippen LogP contribution in [0.4, 0.5) is 5.82 Å². The van der Waals surface area contributed by atoms with Crippen LogP contribution in [0.3, 0.4) is 0 Å². The number of nitrogens with one attached hydrogen (secondary N) is 3. The second-order valence-corrected chi connectivity index (χ2v) is 6.93. The van der Waals surface area contributed by atoms with Crippen LogP contribution in [-0.2, 0) is 19.5 Å². The van der Waals surface area contributed by atoms with Gasteiger partial charge in [-0.3, -0.25) is 9.89 Å². The molecule has 30 heavy (non-hydrogen) atoms. The summed E-state index contributed by atoms with van der Waals surface area (Å²) in [5.74, 6) is 1.71. The van der Waals surface area contributed by atoms with Gasteiger partial charge >= 0.3 is 0 Å². The summed E-state index contributed by atoms with van der Waals surface area (Å²) in [5, 5.41) is 17.9. The first-order valence-electron chi connectivity index (χ1n) is 9.42. The number of anilines is 1. The Balaban J connectivity index is 0.00000256. The topological polar surface area (TPSA) is 106 Å². The molecule has 3 aromatic rings. The molecule has 2 aromatic heterocycles. The lowest BCUT2D eigenvalue weighted by atomic mass is 10.1. The van der Waals surface area contributed by atoms with E-state index in [1.54, 1.807) is 25.1 Å². The molecule has 0 saturated heterocycles. The van der Waals surface area contributed by atoms with Crippen molar-refractivity contribution in [3.8, 4) is 11.5 Å². The molecular formula is C20H25ClN6O3. The largest absolute Gasteiger partial charge is 0.493 e. The molecule has 0 fully saturated rings. The normalized spacial score (nSPS) is 12.6. The van der Waals surface area contributed by atoms with Gasteiger partial charge in [-0.2, -0.15) is 10.2 Å². The molecule has 1 aliphatic rings. The minimum absolute atomic E-state index is 0. The number of halogens is 1. The van der Waals surface area contributed by atoms with E-state index in [0.29, 0.717) is 36.1 Å². The van der Waals surface area contributed by atoms with Crippen molar-refractivity contribution < 1.29 is 14.3 Å². The van der Waals surface area contributed by atoms with Crippen molar-refractivity contribution in [2.45, 2.75) is 26.4 Å². The maximum absolute atomic E-state index is 12.9. The van der Waals surface area contributed by atoms with E-state index in [9.17, 15) is 4.79 Å². The summed E-state index contributed by atoms with van der Waals surface area (Å²) < 4.78 is 12.4. The first kappa shape index (κ1) is 21.7. The maximum Gasteiger partial charge on any atom is 0.277 e. The second-order valence-electron chi connectivity index (χ2n) is 6.93. The fourth-order valence-electron chi connectivity index (χ4n) is 3.49. The molecule has 1 amide bonds. The molecule has 0 aliphatic carbocycles. The van der Waals surface area contributed by atoms with Crippen LogP contribution in [0.15, 0.2) is 24.4 Å². The summed E-state index contributed by atoms with van der Waals surface area (Å²) in [4.78, 5) is 12.9. The molecule has 0 spiro atoms. The van der Waals surface area contributed by atoms with Crippen LogP contribution in [0.5, 0.6) is 11.5 Å². The molecule has 0 unspecified atom stereocenters. The Hall–Kier alpha value is -3.04. The van der Waals surface area contributed by atoms with Gasteiger partial charge in [0.25, 0.3) is 5.91 Å². The standard InChI is InChI=1S/C20H24N6O3.ClH/c1-12-9-22-26(11-13-4-5-16(28-2)17(8-13)29-3)19(12)23-20(27)18-14-10-21-7-6-15(14)24-25-18;/h4-5,8-9,21H,6-7,10-11H2,1-3H3,(H,23,27)(H,24,25);1H. The third-order valence-corrected chi connectivity index (χ3v) is 5.06. The van der Waals surface area contributed by atoms with Gasteiger partial charge in [0.1, 0.15) is 5.82 Å². The zero-order chi connectivity index (χ0) is 20.4. The van der Waals surface area contributed by atoms with Gasteiger partial charge in [0.05, 0.1) is 27.0 Å². The highest BCUT2D eigenvalue weighted by Crippen LogP contribution is 2.28. The molecule has 0 bridgehead atoms. The van der Waals surface area contributed by atoms with Crippen LogP contribution in [0.2, 0.25) is 0 Å². The lowest BCUT2D eigenvalue weighted by molar-refractivity contribution is 0.102. The predicted molar refractivity (Wildman–Crippen MR) is 115 cm³/mol. The Labute approximate surface area is 180 Å². The molecule has 3 heterocycles. The minimum Gasteiger partial charge on any atom is -0.493 e. The number of ether oxygens (including phenoxy) is 2. The number of aryl methyl sites for hydroxylation is 1. The van der Waals surface area contributed by atoms with Gasteiger partial charge in [-0.25, -0.2) is 4.68 Å². The number of rotatable bonds is 6. The van der Waals surface area contributed by atoms with Crippen molar-refractivity contribution in [2.75, 3.05) is 26.1 Å². The number of hydrogen-bond acceptors (Lipinski definition) is 6. The van der Waals surface area contributed by atoms with Crippen LogP contribution in [-0.4, -0.2) is 46.6 Å². The van der Waals surface area contributed by atoms with Gasteiger partial charge in [0.15, 0.2) is 17.2 Å². The van der Waals surface area contributed by atoms with Crippen LogP contribution in [0.1, 0.15) is 32.9 Å². The van der Waals surface area contributed by atoms with E-state index < -0.39 is 0 Å². The summed E-state index contributed by atoms with van der Waals surface area (Å²) in [7, 11) is 3.20. The first-order chi connectivity index (χ1) is 14.1. The predicted octanol–water partition coefficient (Wildman–Crippen LogP) is 2.30. The SMILES string of the molecule is COc1ccc(Cn2ncc(C)c2NC(=O)c2n[nH]c3c2CNCC3)cc1OC.Cl. The van der Waals surface area contributed by atoms with E-state index >= 15 is 0 Å². The third kappa shape index (κ3) is 4.12.